The van der Waals surface area contributed by atoms with Gasteiger partial charge >= 0.3 is 12.1 Å². The summed E-state index contributed by atoms with van der Waals surface area (Å²) in [5, 5.41) is 0. The second-order valence-electron chi connectivity index (χ2n) is 13.3. The van der Waals surface area contributed by atoms with Crippen LogP contribution in [0.25, 0.3) is 11.4 Å². The quantitative estimate of drug-likeness (QED) is 0.0887. The van der Waals surface area contributed by atoms with Gasteiger partial charge in [-0.1, -0.05) is 108 Å². The molecule has 262 valence electrons. The van der Waals surface area contributed by atoms with Crippen LogP contribution in [0.2, 0.25) is 0 Å². The number of carbonyl (C=O) groups is 1. The monoisotopic (exact) mass is 666 g/mol. The Morgan fingerprint density at radius 3 is 2.12 bits per heavy atom. The highest BCUT2D eigenvalue weighted by molar-refractivity contribution is 5.73. The number of fused-ring (bicyclic) bond motifs is 1. The standard InChI is InChI=1S/C40H53F3N2O3/c1-3-5-7-9-10-11-12-13-15-31-27-44-38(45-28-31)32-19-17-30(18-20-32)29-47-36-24-23-33-25-35(22-21-34(33)26-36)39(46)48-37(40(41,42)43)16-14-8-6-4-2/h17-20,23-24,26-28,35,37H,3-16,21-22,25,29H2,1-2H3/t35?,37-/m1/s1. The van der Waals surface area contributed by atoms with Gasteiger partial charge in [0.25, 0.3) is 0 Å². The van der Waals surface area contributed by atoms with Crippen LogP contribution in [0.1, 0.15) is 126 Å². The van der Waals surface area contributed by atoms with Crippen LogP contribution in [-0.2, 0) is 35.4 Å². The van der Waals surface area contributed by atoms with Gasteiger partial charge in [-0.3, -0.25) is 4.79 Å². The largest absolute Gasteiger partial charge is 0.489 e. The Labute approximate surface area is 285 Å². The molecule has 0 amide bonds. The molecular formula is C40H53F3N2O3. The van der Waals surface area contributed by atoms with E-state index in [4.69, 9.17) is 9.47 Å². The summed E-state index contributed by atoms with van der Waals surface area (Å²) >= 11 is 0. The van der Waals surface area contributed by atoms with Gasteiger partial charge in [0, 0.05) is 18.0 Å². The molecule has 0 N–H and O–H groups in total. The van der Waals surface area contributed by atoms with Crippen LogP contribution >= 0.6 is 0 Å². The molecule has 1 aromatic heterocycles. The van der Waals surface area contributed by atoms with Crippen molar-refractivity contribution in [3.8, 4) is 17.1 Å². The number of aryl methyl sites for hydroxylation is 2. The maximum atomic E-state index is 13.5. The van der Waals surface area contributed by atoms with Gasteiger partial charge in [0.15, 0.2) is 11.9 Å². The van der Waals surface area contributed by atoms with Crippen LogP contribution in [0, 0.1) is 5.92 Å². The molecule has 1 aliphatic carbocycles. The summed E-state index contributed by atoms with van der Waals surface area (Å²) < 4.78 is 51.7. The summed E-state index contributed by atoms with van der Waals surface area (Å²) in [6, 6.07) is 13.8. The number of halogens is 3. The fourth-order valence-corrected chi connectivity index (χ4v) is 6.32. The van der Waals surface area contributed by atoms with Crippen molar-refractivity contribution in [1.82, 2.24) is 9.97 Å². The smallest absolute Gasteiger partial charge is 0.425 e. The predicted octanol–water partition coefficient (Wildman–Crippen LogP) is 11.0. The highest BCUT2D eigenvalue weighted by Gasteiger charge is 2.43. The fourth-order valence-electron chi connectivity index (χ4n) is 6.32. The molecule has 4 rings (SSSR count). The third-order valence-corrected chi connectivity index (χ3v) is 9.32. The zero-order valence-electron chi connectivity index (χ0n) is 28.8. The number of alkyl halides is 3. The van der Waals surface area contributed by atoms with Crippen molar-refractivity contribution >= 4 is 5.97 Å². The maximum Gasteiger partial charge on any atom is 0.425 e. The maximum absolute atomic E-state index is 13.5. The molecule has 0 fully saturated rings. The Balaban J connectivity index is 1.21. The summed E-state index contributed by atoms with van der Waals surface area (Å²) in [7, 11) is 0. The molecule has 0 saturated heterocycles. The van der Waals surface area contributed by atoms with E-state index in [0.717, 1.165) is 47.3 Å². The zero-order valence-corrected chi connectivity index (χ0v) is 28.8. The SMILES string of the molecule is CCCCCCCCCCc1cnc(-c2ccc(COc3ccc4c(c3)CCC(C(=O)O[C@H](CCCCCC)C(F)(F)F)C4)cc2)nc1. The van der Waals surface area contributed by atoms with E-state index in [2.05, 4.69) is 16.9 Å². The van der Waals surface area contributed by atoms with Crippen molar-refractivity contribution in [2.45, 2.75) is 142 Å². The summed E-state index contributed by atoms with van der Waals surface area (Å²) in [4.78, 5) is 21.9. The molecule has 0 radical (unpaired) electrons. The Kier molecular flexibility index (Phi) is 15.2. The summed E-state index contributed by atoms with van der Waals surface area (Å²) in [5.41, 5.74) is 5.16. The van der Waals surface area contributed by atoms with E-state index in [-0.39, 0.29) is 6.42 Å². The number of hydrogen-bond acceptors (Lipinski definition) is 5. The Hall–Kier alpha value is -3.42. The number of unbranched alkanes of at least 4 members (excludes halogenated alkanes) is 10. The van der Waals surface area contributed by atoms with Gasteiger partial charge in [-0.25, -0.2) is 9.97 Å². The number of esters is 1. The lowest BCUT2D eigenvalue weighted by Crippen LogP contribution is -2.37. The van der Waals surface area contributed by atoms with Gasteiger partial charge in [-0.15, -0.1) is 0 Å². The molecule has 0 spiro atoms. The predicted molar refractivity (Wildman–Crippen MR) is 185 cm³/mol. The topological polar surface area (TPSA) is 61.3 Å². The molecule has 0 aliphatic heterocycles. The first-order chi connectivity index (χ1) is 23.3. The lowest BCUT2D eigenvalue weighted by atomic mass is 9.84. The Bertz CT molecular complexity index is 1380. The molecule has 8 heteroatoms. The minimum atomic E-state index is -4.55. The Morgan fingerprint density at radius 2 is 1.46 bits per heavy atom. The lowest BCUT2D eigenvalue weighted by Gasteiger charge is -2.27. The van der Waals surface area contributed by atoms with Crippen LogP contribution in [0.3, 0.4) is 0 Å². The first kappa shape index (κ1) is 37.4. The molecule has 48 heavy (non-hydrogen) atoms. The average molecular weight is 667 g/mol. The van der Waals surface area contributed by atoms with Gasteiger partial charge in [-0.2, -0.15) is 13.2 Å². The minimum absolute atomic E-state index is 0.178. The van der Waals surface area contributed by atoms with Crippen molar-refractivity contribution in [2.75, 3.05) is 0 Å². The van der Waals surface area contributed by atoms with Gasteiger partial charge in [0.1, 0.15) is 12.4 Å². The van der Waals surface area contributed by atoms with Crippen molar-refractivity contribution in [3.05, 3.63) is 77.1 Å². The van der Waals surface area contributed by atoms with Crippen LogP contribution in [-0.4, -0.2) is 28.2 Å². The van der Waals surface area contributed by atoms with E-state index >= 15 is 0 Å². The molecule has 1 heterocycles. The molecule has 1 aliphatic rings. The van der Waals surface area contributed by atoms with E-state index < -0.39 is 24.2 Å². The molecule has 0 saturated carbocycles. The van der Waals surface area contributed by atoms with E-state index in [1.165, 1.54) is 56.9 Å². The number of benzene rings is 2. The zero-order chi connectivity index (χ0) is 34.2. The van der Waals surface area contributed by atoms with Gasteiger partial charge in [-0.05, 0) is 79.3 Å². The number of aromatic nitrogens is 2. The first-order valence-electron chi connectivity index (χ1n) is 18.2. The van der Waals surface area contributed by atoms with E-state index in [0.29, 0.717) is 44.5 Å². The summed E-state index contributed by atoms with van der Waals surface area (Å²) in [5.74, 6) is 0.110. The third kappa shape index (κ3) is 12.2. The number of carbonyl (C=O) groups excluding carboxylic acids is 1. The van der Waals surface area contributed by atoms with Crippen LogP contribution in [0.4, 0.5) is 13.2 Å². The Morgan fingerprint density at radius 1 is 0.812 bits per heavy atom. The van der Waals surface area contributed by atoms with Crippen molar-refractivity contribution in [2.24, 2.45) is 5.92 Å². The molecule has 0 bridgehead atoms. The third-order valence-electron chi connectivity index (χ3n) is 9.32. The van der Waals surface area contributed by atoms with Gasteiger partial charge in [0.05, 0.1) is 5.92 Å². The van der Waals surface area contributed by atoms with Crippen LogP contribution in [0.15, 0.2) is 54.9 Å². The number of rotatable bonds is 20. The van der Waals surface area contributed by atoms with Gasteiger partial charge in [0.2, 0.25) is 0 Å². The highest BCUT2D eigenvalue weighted by Crippen LogP contribution is 2.33. The molecule has 3 aromatic rings. The second-order valence-corrected chi connectivity index (χ2v) is 13.3. The molecule has 1 unspecified atom stereocenters. The van der Waals surface area contributed by atoms with Crippen molar-refractivity contribution < 1.29 is 27.4 Å². The lowest BCUT2D eigenvalue weighted by molar-refractivity contribution is -0.225. The summed E-state index contributed by atoms with van der Waals surface area (Å²) in [6.45, 7) is 4.65. The second kappa shape index (κ2) is 19.5. The number of nitrogens with zero attached hydrogens (tertiary/aromatic N) is 2. The number of hydrogen-bond donors (Lipinski definition) is 0. The molecule has 2 atom stereocenters. The van der Waals surface area contributed by atoms with Crippen molar-refractivity contribution in [1.29, 1.82) is 0 Å². The molecule has 5 nitrogen and oxygen atoms in total. The van der Waals surface area contributed by atoms with E-state index in [1.54, 1.807) is 0 Å². The first-order valence-corrected chi connectivity index (χ1v) is 18.2. The average Bonchev–Trinajstić information content (AvgIpc) is 3.09. The fraction of sp³-hybridized carbons (Fsp3) is 0.575. The number of ether oxygens (including phenoxy) is 2. The van der Waals surface area contributed by atoms with Crippen molar-refractivity contribution in [3.63, 3.8) is 0 Å². The van der Waals surface area contributed by atoms with E-state index in [9.17, 15) is 18.0 Å². The molecule has 2 aromatic carbocycles. The van der Waals surface area contributed by atoms with Gasteiger partial charge < -0.3 is 9.47 Å². The van der Waals surface area contributed by atoms with Crippen LogP contribution in [0.5, 0.6) is 5.75 Å². The van der Waals surface area contributed by atoms with E-state index in [1.807, 2.05) is 61.8 Å². The normalized spacial score (nSPS) is 15.1. The summed E-state index contributed by atoms with van der Waals surface area (Å²) in [6.07, 6.45) is 12.9. The molecular weight excluding hydrogens is 613 g/mol. The van der Waals surface area contributed by atoms with Crippen LogP contribution < -0.4 is 4.74 Å². The minimum Gasteiger partial charge on any atom is -0.489 e. The highest BCUT2D eigenvalue weighted by atomic mass is 19.4.